The molecule has 1 aliphatic rings. The Morgan fingerprint density at radius 2 is 1.88 bits per heavy atom. The highest BCUT2D eigenvalue weighted by atomic mass is 32.1. The van der Waals surface area contributed by atoms with Gasteiger partial charge in [0.15, 0.2) is 5.13 Å². The number of rotatable bonds is 4. The van der Waals surface area contributed by atoms with Crippen LogP contribution in [0.1, 0.15) is 19.8 Å². The van der Waals surface area contributed by atoms with Crippen LogP contribution in [0, 0.1) is 0 Å². The van der Waals surface area contributed by atoms with Crippen LogP contribution in [0.4, 0.5) is 5.13 Å². The van der Waals surface area contributed by atoms with Crippen molar-refractivity contribution < 1.29 is 14.3 Å². The molecule has 0 saturated carbocycles. The molecule has 1 saturated heterocycles. The molecule has 0 radical (unpaired) electrons. The first-order valence-electron chi connectivity index (χ1n) is 8.05. The van der Waals surface area contributed by atoms with Gasteiger partial charge in [-0.15, -0.1) is 0 Å². The van der Waals surface area contributed by atoms with Crippen LogP contribution in [0.5, 0.6) is 11.5 Å². The lowest BCUT2D eigenvalue weighted by Gasteiger charge is -2.36. The topological polar surface area (TPSA) is 54.9 Å². The minimum Gasteiger partial charge on any atom is -0.495 e. The fraction of sp³-hybridized carbons (Fsp3) is 0.529. The first kappa shape index (κ1) is 16.8. The molecule has 1 aliphatic heterocycles. The monoisotopic (exact) mass is 349 g/mol. The van der Waals surface area contributed by atoms with E-state index in [9.17, 15) is 4.79 Å². The van der Waals surface area contributed by atoms with Gasteiger partial charge in [-0.3, -0.25) is 4.79 Å². The Morgan fingerprint density at radius 3 is 2.46 bits per heavy atom. The van der Waals surface area contributed by atoms with Crippen LogP contribution >= 0.6 is 11.3 Å². The second-order valence-electron chi connectivity index (χ2n) is 5.99. The highest BCUT2D eigenvalue weighted by Crippen LogP contribution is 2.40. The molecule has 3 rings (SSSR count). The Balaban J connectivity index is 1.82. The molecular formula is C17H23N3O3S. The number of hydrogen-bond acceptors (Lipinski definition) is 6. The Labute approximate surface area is 146 Å². The van der Waals surface area contributed by atoms with Crippen molar-refractivity contribution in [2.45, 2.75) is 25.8 Å². The number of fused-ring (bicyclic) bond motifs is 1. The van der Waals surface area contributed by atoms with Gasteiger partial charge in [-0.2, -0.15) is 0 Å². The van der Waals surface area contributed by atoms with Crippen LogP contribution in [-0.2, 0) is 4.79 Å². The van der Waals surface area contributed by atoms with Crippen molar-refractivity contribution in [2.75, 3.05) is 39.3 Å². The Bertz CT molecular complexity index is 697. The highest BCUT2D eigenvalue weighted by molar-refractivity contribution is 7.22. The average molecular weight is 349 g/mol. The molecule has 0 spiro atoms. The summed E-state index contributed by atoms with van der Waals surface area (Å²) < 4.78 is 11.9. The van der Waals surface area contributed by atoms with Crippen LogP contribution in [0.3, 0.4) is 0 Å². The molecule has 6 nitrogen and oxygen atoms in total. The molecule has 130 valence electrons. The number of benzene rings is 1. The van der Waals surface area contributed by atoms with Gasteiger partial charge in [-0.25, -0.2) is 4.98 Å². The lowest BCUT2D eigenvalue weighted by atomic mass is 10.0. The maximum atomic E-state index is 11.5. The fourth-order valence-corrected chi connectivity index (χ4v) is 4.24. The molecule has 1 aromatic carbocycles. The maximum absolute atomic E-state index is 11.5. The van der Waals surface area contributed by atoms with Crippen molar-refractivity contribution >= 4 is 32.6 Å². The first-order valence-corrected chi connectivity index (χ1v) is 8.86. The van der Waals surface area contributed by atoms with Gasteiger partial charge >= 0.3 is 0 Å². The van der Waals surface area contributed by atoms with E-state index in [0.29, 0.717) is 6.04 Å². The van der Waals surface area contributed by atoms with Gasteiger partial charge in [0.2, 0.25) is 5.91 Å². The molecule has 1 aromatic heterocycles. The van der Waals surface area contributed by atoms with Crippen molar-refractivity contribution in [1.29, 1.82) is 0 Å². The molecule has 7 heteroatoms. The summed E-state index contributed by atoms with van der Waals surface area (Å²) in [4.78, 5) is 20.4. The summed E-state index contributed by atoms with van der Waals surface area (Å²) >= 11 is 1.63. The van der Waals surface area contributed by atoms with Crippen molar-refractivity contribution in [3.8, 4) is 11.5 Å². The Hall–Kier alpha value is -2.02. The van der Waals surface area contributed by atoms with Gasteiger partial charge in [0.25, 0.3) is 0 Å². The third-order valence-electron chi connectivity index (χ3n) is 4.68. The fourth-order valence-electron chi connectivity index (χ4n) is 3.11. The van der Waals surface area contributed by atoms with Crippen molar-refractivity contribution in [3.05, 3.63) is 12.1 Å². The molecule has 24 heavy (non-hydrogen) atoms. The van der Waals surface area contributed by atoms with E-state index in [1.54, 1.807) is 32.5 Å². The van der Waals surface area contributed by atoms with Crippen molar-refractivity contribution in [1.82, 2.24) is 9.88 Å². The molecule has 0 atom stereocenters. The van der Waals surface area contributed by atoms with Crippen LogP contribution in [-0.4, -0.2) is 56.2 Å². The SMILES string of the molecule is COc1ccc(OC)c2sc(N3CCC(N(C)C(C)=O)CC3)nc12. The van der Waals surface area contributed by atoms with E-state index in [2.05, 4.69) is 4.90 Å². The van der Waals surface area contributed by atoms with E-state index in [4.69, 9.17) is 14.5 Å². The van der Waals surface area contributed by atoms with Crippen LogP contribution in [0.25, 0.3) is 10.2 Å². The lowest BCUT2D eigenvalue weighted by Crippen LogP contribution is -2.45. The average Bonchev–Trinajstić information content (AvgIpc) is 3.05. The molecule has 0 aliphatic carbocycles. The Kier molecular flexibility index (Phi) is 4.80. The number of carbonyl (C=O) groups is 1. The van der Waals surface area contributed by atoms with E-state index < -0.39 is 0 Å². The molecule has 0 N–H and O–H groups in total. The maximum Gasteiger partial charge on any atom is 0.219 e. The van der Waals surface area contributed by atoms with E-state index >= 15 is 0 Å². The van der Waals surface area contributed by atoms with Gasteiger partial charge < -0.3 is 19.3 Å². The van der Waals surface area contributed by atoms with E-state index in [0.717, 1.165) is 52.8 Å². The van der Waals surface area contributed by atoms with Gasteiger partial charge in [0.05, 0.1) is 14.2 Å². The summed E-state index contributed by atoms with van der Waals surface area (Å²) in [5.41, 5.74) is 0.847. The number of amides is 1. The molecule has 0 bridgehead atoms. The number of methoxy groups -OCH3 is 2. The third kappa shape index (κ3) is 3.00. The number of nitrogens with zero attached hydrogens (tertiary/aromatic N) is 3. The van der Waals surface area contributed by atoms with Gasteiger partial charge in [0.1, 0.15) is 21.7 Å². The molecule has 0 unspecified atom stereocenters. The largest absolute Gasteiger partial charge is 0.495 e. The van der Waals surface area contributed by atoms with E-state index in [1.165, 1.54) is 0 Å². The number of carbonyl (C=O) groups excluding carboxylic acids is 1. The minimum absolute atomic E-state index is 0.128. The summed E-state index contributed by atoms with van der Waals surface area (Å²) in [7, 11) is 5.21. The number of ether oxygens (including phenoxy) is 2. The van der Waals surface area contributed by atoms with Gasteiger partial charge in [-0.1, -0.05) is 11.3 Å². The standard InChI is InChI=1S/C17H23N3O3S/c1-11(21)19(2)12-7-9-20(10-8-12)17-18-15-13(22-3)5-6-14(23-4)16(15)24-17/h5-6,12H,7-10H2,1-4H3. The molecule has 1 amide bonds. The zero-order valence-corrected chi connectivity index (χ0v) is 15.4. The summed E-state index contributed by atoms with van der Waals surface area (Å²) in [6.07, 6.45) is 1.92. The minimum atomic E-state index is 0.128. The number of aromatic nitrogens is 1. The Morgan fingerprint density at radius 1 is 1.25 bits per heavy atom. The van der Waals surface area contributed by atoms with Crippen molar-refractivity contribution in [2.24, 2.45) is 0 Å². The summed E-state index contributed by atoms with van der Waals surface area (Å²) in [6.45, 7) is 3.41. The van der Waals surface area contributed by atoms with Gasteiger partial charge in [-0.05, 0) is 25.0 Å². The zero-order chi connectivity index (χ0) is 17.3. The smallest absolute Gasteiger partial charge is 0.219 e. The van der Waals surface area contributed by atoms with E-state index in [-0.39, 0.29) is 5.91 Å². The predicted molar refractivity (Wildman–Crippen MR) is 96.4 cm³/mol. The number of piperidine rings is 1. The third-order valence-corrected chi connectivity index (χ3v) is 5.81. The number of anilines is 1. The molecular weight excluding hydrogens is 326 g/mol. The van der Waals surface area contributed by atoms with Crippen LogP contribution in [0.15, 0.2) is 12.1 Å². The summed E-state index contributed by atoms with van der Waals surface area (Å²) in [5, 5.41) is 0.983. The van der Waals surface area contributed by atoms with Crippen LogP contribution in [0.2, 0.25) is 0 Å². The van der Waals surface area contributed by atoms with Crippen molar-refractivity contribution in [3.63, 3.8) is 0 Å². The summed E-state index contributed by atoms with van der Waals surface area (Å²) in [5.74, 6) is 1.71. The zero-order valence-electron chi connectivity index (χ0n) is 14.5. The second kappa shape index (κ2) is 6.84. The quantitative estimate of drug-likeness (QED) is 0.849. The number of hydrogen-bond donors (Lipinski definition) is 0. The lowest BCUT2D eigenvalue weighted by molar-refractivity contribution is -0.129. The second-order valence-corrected chi connectivity index (χ2v) is 6.97. The highest BCUT2D eigenvalue weighted by Gasteiger charge is 2.26. The molecule has 2 aromatic rings. The first-order chi connectivity index (χ1) is 11.5. The summed E-state index contributed by atoms with van der Waals surface area (Å²) in [6, 6.07) is 4.12. The molecule has 2 heterocycles. The normalized spacial score (nSPS) is 15.6. The van der Waals surface area contributed by atoms with Crippen LogP contribution < -0.4 is 14.4 Å². The predicted octanol–water partition coefficient (Wildman–Crippen LogP) is 2.76. The van der Waals surface area contributed by atoms with Gasteiger partial charge in [0, 0.05) is 33.1 Å². The van der Waals surface area contributed by atoms with E-state index in [1.807, 2.05) is 24.1 Å². The molecule has 1 fully saturated rings. The number of thiazole rings is 1.